The monoisotopic (exact) mass is 393 g/mol. The number of nitrogens with one attached hydrogen (secondary N) is 2. The Labute approximate surface area is 173 Å². The molecule has 3 aliphatic rings. The summed E-state index contributed by atoms with van der Waals surface area (Å²) in [6, 6.07) is 12.7. The molecule has 2 aromatic rings. The van der Waals surface area contributed by atoms with Crippen molar-refractivity contribution in [3.05, 3.63) is 42.0 Å². The van der Waals surface area contributed by atoms with Crippen LogP contribution in [0.4, 0.5) is 5.69 Å². The van der Waals surface area contributed by atoms with Crippen molar-refractivity contribution < 1.29 is 9.47 Å². The largest absolute Gasteiger partial charge is 0.474 e. The molecule has 1 saturated carbocycles. The number of rotatable bonds is 7. The van der Waals surface area contributed by atoms with Gasteiger partial charge in [0.15, 0.2) is 0 Å². The molecule has 5 heteroatoms. The number of fused-ring (bicyclic) bond motifs is 1. The van der Waals surface area contributed by atoms with Crippen molar-refractivity contribution in [3.63, 3.8) is 0 Å². The van der Waals surface area contributed by atoms with E-state index in [0.29, 0.717) is 24.5 Å². The molecule has 2 N–H and O–H groups in total. The average Bonchev–Trinajstić information content (AvgIpc) is 3.21. The molecule has 3 heterocycles. The van der Waals surface area contributed by atoms with E-state index in [4.69, 9.17) is 14.5 Å². The van der Waals surface area contributed by atoms with Crippen molar-refractivity contribution in [1.29, 1.82) is 0 Å². The van der Waals surface area contributed by atoms with Gasteiger partial charge in [-0.15, -0.1) is 0 Å². The van der Waals surface area contributed by atoms with Crippen LogP contribution >= 0.6 is 0 Å². The Bertz CT molecular complexity index is 850. The van der Waals surface area contributed by atoms with Crippen molar-refractivity contribution in [3.8, 4) is 17.1 Å². The Morgan fingerprint density at radius 3 is 2.86 bits per heavy atom. The van der Waals surface area contributed by atoms with Gasteiger partial charge >= 0.3 is 0 Å². The van der Waals surface area contributed by atoms with Crippen LogP contribution < -0.4 is 15.4 Å². The Morgan fingerprint density at radius 1 is 1.17 bits per heavy atom. The summed E-state index contributed by atoms with van der Waals surface area (Å²) < 4.78 is 11.6. The molecule has 1 aromatic carbocycles. The Kier molecular flexibility index (Phi) is 5.42. The summed E-state index contributed by atoms with van der Waals surface area (Å²) >= 11 is 0. The molecule has 0 bridgehead atoms. The van der Waals surface area contributed by atoms with E-state index in [0.717, 1.165) is 55.8 Å². The molecule has 5 nitrogen and oxygen atoms in total. The number of pyridine rings is 1. The smallest absolute Gasteiger partial charge is 0.214 e. The molecule has 2 fully saturated rings. The zero-order valence-electron chi connectivity index (χ0n) is 17.2. The highest BCUT2D eigenvalue weighted by Gasteiger charge is 2.33. The van der Waals surface area contributed by atoms with E-state index >= 15 is 0 Å². The number of hydrogen-bond donors (Lipinski definition) is 2. The standard InChI is InChI=1S/C24H31N3O2/c1-16-22(28-16)13-14-25-23-12-10-18-15-17(9-11-21(18)26-23)20-7-4-8-24(27-20)29-19-5-2-3-6-19/h4,7-9,11,15-16,19,22-23,25-26H,2-3,5-6,10,12-14H2,1H3. The summed E-state index contributed by atoms with van der Waals surface area (Å²) in [4.78, 5) is 4.77. The summed E-state index contributed by atoms with van der Waals surface area (Å²) in [7, 11) is 0. The van der Waals surface area contributed by atoms with Crippen molar-refractivity contribution in [2.75, 3.05) is 11.9 Å². The third-order valence-electron chi connectivity index (χ3n) is 6.40. The molecular formula is C24H31N3O2. The fraction of sp³-hybridized carbons (Fsp3) is 0.542. The lowest BCUT2D eigenvalue weighted by Gasteiger charge is -2.28. The van der Waals surface area contributed by atoms with Crippen LogP contribution in [0.25, 0.3) is 11.3 Å². The van der Waals surface area contributed by atoms with Gasteiger partial charge in [-0.2, -0.15) is 0 Å². The summed E-state index contributed by atoms with van der Waals surface area (Å²) in [6.45, 7) is 3.14. The molecule has 3 unspecified atom stereocenters. The van der Waals surface area contributed by atoms with Crippen LogP contribution in [-0.4, -0.2) is 36.0 Å². The van der Waals surface area contributed by atoms with Crippen LogP contribution in [0.5, 0.6) is 5.88 Å². The first-order chi connectivity index (χ1) is 14.2. The van der Waals surface area contributed by atoms with E-state index in [1.807, 2.05) is 6.07 Å². The lowest BCUT2D eigenvalue weighted by molar-refractivity contribution is 0.201. The summed E-state index contributed by atoms with van der Waals surface area (Å²) in [5.41, 5.74) is 4.74. The third kappa shape index (κ3) is 4.57. The predicted molar refractivity (Wildman–Crippen MR) is 115 cm³/mol. The predicted octanol–water partition coefficient (Wildman–Crippen LogP) is 4.52. The quantitative estimate of drug-likeness (QED) is 0.677. The SMILES string of the molecule is CC1OC1CCNC1CCc2cc(-c3cccc(OC4CCCC4)n3)ccc2N1. The van der Waals surface area contributed by atoms with E-state index < -0.39 is 0 Å². The summed E-state index contributed by atoms with van der Waals surface area (Å²) in [5.74, 6) is 0.753. The average molecular weight is 394 g/mol. The van der Waals surface area contributed by atoms with E-state index in [1.165, 1.54) is 24.1 Å². The van der Waals surface area contributed by atoms with E-state index in [9.17, 15) is 0 Å². The third-order valence-corrected chi connectivity index (χ3v) is 6.40. The van der Waals surface area contributed by atoms with Crippen molar-refractivity contribution >= 4 is 5.69 Å². The van der Waals surface area contributed by atoms with Gasteiger partial charge in [-0.3, -0.25) is 5.32 Å². The van der Waals surface area contributed by atoms with Crippen molar-refractivity contribution in [2.24, 2.45) is 0 Å². The van der Waals surface area contributed by atoms with Crippen LogP contribution in [0.2, 0.25) is 0 Å². The maximum Gasteiger partial charge on any atom is 0.214 e. The minimum atomic E-state index is 0.337. The fourth-order valence-corrected chi connectivity index (χ4v) is 4.56. The Morgan fingerprint density at radius 2 is 2.03 bits per heavy atom. The number of anilines is 1. The number of ether oxygens (including phenoxy) is 2. The highest BCUT2D eigenvalue weighted by Crippen LogP contribution is 2.31. The highest BCUT2D eigenvalue weighted by atomic mass is 16.6. The number of benzene rings is 1. The normalized spacial score (nSPS) is 26.0. The van der Waals surface area contributed by atoms with Gasteiger partial charge in [-0.1, -0.05) is 12.1 Å². The van der Waals surface area contributed by atoms with Crippen LogP contribution in [0.1, 0.15) is 51.0 Å². The zero-order chi connectivity index (χ0) is 19.6. The second-order valence-corrected chi connectivity index (χ2v) is 8.62. The molecular weight excluding hydrogens is 362 g/mol. The zero-order valence-corrected chi connectivity index (χ0v) is 17.2. The summed E-state index contributed by atoms with van der Waals surface area (Å²) in [5, 5.41) is 7.27. The number of hydrogen-bond acceptors (Lipinski definition) is 5. The fourth-order valence-electron chi connectivity index (χ4n) is 4.56. The minimum absolute atomic E-state index is 0.337. The molecule has 1 aromatic heterocycles. The van der Waals surface area contributed by atoms with Gasteiger partial charge in [0.05, 0.1) is 24.1 Å². The molecule has 3 atom stereocenters. The number of epoxide rings is 1. The number of nitrogens with zero attached hydrogens (tertiary/aromatic N) is 1. The molecule has 0 amide bonds. The Balaban J connectivity index is 1.22. The maximum absolute atomic E-state index is 6.09. The lowest BCUT2D eigenvalue weighted by Crippen LogP contribution is -2.40. The van der Waals surface area contributed by atoms with Gasteiger partial charge in [-0.25, -0.2) is 4.98 Å². The van der Waals surface area contributed by atoms with Gasteiger partial charge < -0.3 is 14.8 Å². The van der Waals surface area contributed by atoms with Crippen LogP contribution in [0.3, 0.4) is 0 Å². The lowest BCUT2D eigenvalue weighted by atomic mass is 9.98. The second-order valence-electron chi connectivity index (χ2n) is 8.62. The molecule has 29 heavy (non-hydrogen) atoms. The molecule has 1 aliphatic carbocycles. The van der Waals surface area contributed by atoms with E-state index in [1.54, 1.807) is 0 Å². The topological polar surface area (TPSA) is 58.7 Å². The highest BCUT2D eigenvalue weighted by molar-refractivity contribution is 5.67. The van der Waals surface area contributed by atoms with Crippen LogP contribution in [0.15, 0.2) is 36.4 Å². The van der Waals surface area contributed by atoms with Crippen molar-refractivity contribution in [2.45, 2.75) is 76.3 Å². The van der Waals surface area contributed by atoms with Gasteiger partial charge in [0.25, 0.3) is 0 Å². The molecule has 154 valence electrons. The first-order valence-corrected chi connectivity index (χ1v) is 11.2. The van der Waals surface area contributed by atoms with Gasteiger partial charge in [0.1, 0.15) is 6.10 Å². The number of aryl methyl sites for hydroxylation is 1. The van der Waals surface area contributed by atoms with Crippen LogP contribution in [-0.2, 0) is 11.2 Å². The minimum Gasteiger partial charge on any atom is -0.474 e. The van der Waals surface area contributed by atoms with Crippen LogP contribution in [0, 0.1) is 0 Å². The van der Waals surface area contributed by atoms with Crippen molar-refractivity contribution in [1.82, 2.24) is 10.3 Å². The van der Waals surface area contributed by atoms with Gasteiger partial charge in [0, 0.05) is 17.3 Å². The molecule has 2 aliphatic heterocycles. The molecule has 5 rings (SSSR count). The molecule has 1 saturated heterocycles. The Hall–Kier alpha value is -2.11. The first-order valence-electron chi connectivity index (χ1n) is 11.2. The second kappa shape index (κ2) is 8.33. The van der Waals surface area contributed by atoms with E-state index in [2.05, 4.69) is 47.9 Å². The number of aromatic nitrogens is 1. The van der Waals surface area contributed by atoms with Gasteiger partial charge in [0.2, 0.25) is 5.88 Å². The summed E-state index contributed by atoms with van der Waals surface area (Å²) in [6.07, 6.45) is 9.68. The maximum atomic E-state index is 6.09. The first kappa shape index (κ1) is 18.9. The molecule has 0 radical (unpaired) electrons. The molecule has 0 spiro atoms. The van der Waals surface area contributed by atoms with E-state index in [-0.39, 0.29) is 0 Å². The van der Waals surface area contributed by atoms with Gasteiger partial charge in [-0.05, 0) is 82.2 Å².